The molecule has 9 aromatic carbocycles. The summed E-state index contributed by atoms with van der Waals surface area (Å²) in [5, 5.41) is 14.1. The summed E-state index contributed by atoms with van der Waals surface area (Å²) in [6, 6.07) is 55.2. The Kier molecular flexibility index (Phi) is 8.65. The maximum Gasteiger partial charge on any atom is 0.136 e. The average molecular weight is 913 g/mol. The second kappa shape index (κ2) is 14.2. The summed E-state index contributed by atoms with van der Waals surface area (Å²) in [5.74, 6) is 0. The van der Waals surface area contributed by atoms with Crippen LogP contribution in [0.25, 0.3) is 120 Å². The lowest BCUT2D eigenvalue weighted by Crippen LogP contribution is -2.10. The number of furan rings is 2. The zero-order chi connectivity index (χ0) is 48.6. The molecule has 4 nitrogen and oxygen atoms in total. The van der Waals surface area contributed by atoms with Crippen LogP contribution in [0.15, 0.2) is 154 Å². The Morgan fingerprint density at radius 2 is 0.543 bits per heavy atom. The standard InChI is InChI=1S/C66H60N2O2/c1-63(2,3)41-15-21-55-47(31-41)48-32-42(64(4,5)6)16-22-56(48)67(55)45-19-13-37-27-51-53-35-62-54(36-61(53)69-59(51)29-39(37)25-45)52-28-38-14-20-46(26-40(38)30-60(52)70-62)68-57-23-17-43(65(7,8)9)33-49(57)50-34-44(66(10,11)12)18-24-58(50)68/h13-36H,1-12H3. The molecule has 13 aromatic rings. The molecule has 0 aliphatic heterocycles. The molecule has 0 bridgehead atoms. The Balaban J connectivity index is 0.914. The topological polar surface area (TPSA) is 36.1 Å². The molecule has 0 spiro atoms. The average Bonchev–Trinajstić information content (AvgIpc) is 4.03. The van der Waals surface area contributed by atoms with Gasteiger partial charge in [0, 0.05) is 54.5 Å². The molecule has 0 saturated heterocycles. The first kappa shape index (κ1) is 42.8. The zero-order valence-corrected chi connectivity index (χ0v) is 42.6. The fraction of sp³-hybridized carbons (Fsp3) is 0.242. The van der Waals surface area contributed by atoms with E-state index in [2.05, 4.69) is 238 Å². The van der Waals surface area contributed by atoms with Crippen molar-refractivity contribution in [2.75, 3.05) is 0 Å². The third-order valence-corrected chi connectivity index (χ3v) is 15.5. The first-order chi connectivity index (χ1) is 33.2. The van der Waals surface area contributed by atoms with Gasteiger partial charge in [-0.15, -0.1) is 0 Å². The second-order valence-corrected chi connectivity index (χ2v) is 24.4. The quantitative estimate of drug-likeness (QED) is 0.173. The van der Waals surface area contributed by atoms with Crippen LogP contribution in [0.3, 0.4) is 0 Å². The Hall–Kier alpha value is -7.30. The maximum atomic E-state index is 6.76. The zero-order valence-electron chi connectivity index (χ0n) is 42.6. The number of hydrogen-bond donors (Lipinski definition) is 0. The normalized spacial score (nSPS) is 13.4. The molecule has 0 atom stereocenters. The van der Waals surface area contributed by atoms with Gasteiger partial charge in [-0.2, -0.15) is 0 Å². The molecule has 0 fully saturated rings. The lowest BCUT2D eigenvalue weighted by molar-refractivity contribution is 0.590. The van der Waals surface area contributed by atoms with E-state index >= 15 is 0 Å². The smallest absolute Gasteiger partial charge is 0.136 e. The molecule has 4 heteroatoms. The van der Waals surface area contributed by atoms with Crippen molar-refractivity contribution in [2.24, 2.45) is 0 Å². The van der Waals surface area contributed by atoms with Gasteiger partial charge < -0.3 is 18.0 Å². The van der Waals surface area contributed by atoms with E-state index in [1.54, 1.807) is 0 Å². The minimum Gasteiger partial charge on any atom is -0.456 e. The molecule has 70 heavy (non-hydrogen) atoms. The van der Waals surface area contributed by atoms with Gasteiger partial charge in [0.05, 0.1) is 22.1 Å². The minimum atomic E-state index is 0.0465. The summed E-state index contributed by atoms with van der Waals surface area (Å²) in [5.41, 5.74) is 16.2. The SMILES string of the molecule is CC(C)(C)c1ccc2c(c1)c1cc(C(C)(C)C)ccc1n2-c1ccc2cc3c(cc2c1)oc1cc2c(cc13)oc1cc3cc(-n4c5ccc(C(C)(C)C)cc5c5cc(C(C)(C)C)ccc54)ccc3cc12. The maximum absolute atomic E-state index is 6.76. The molecule has 13 rings (SSSR count). The van der Waals surface area contributed by atoms with Crippen molar-refractivity contribution in [1.29, 1.82) is 0 Å². The molecule has 346 valence electrons. The molecule has 0 amide bonds. The van der Waals surface area contributed by atoms with E-state index in [1.165, 1.54) is 76.6 Å². The summed E-state index contributed by atoms with van der Waals surface area (Å²) in [6.45, 7) is 27.5. The largest absolute Gasteiger partial charge is 0.456 e. The molecule has 0 N–H and O–H groups in total. The van der Waals surface area contributed by atoms with Crippen molar-refractivity contribution in [3.63, 3.8) is 0 Å². The van der Waals surface area contributed by atoms with Gasteiger partial charge >= 0.3 is 0 Å². The van der Waals surface area contributed by atoms with Gasteiger partial charge in [-0.25, -0.2) is 0 Å². The molecule has 0 saturated carbocycles. The third kappa shape index (κ3) is 6.48. The Labute approximate surface area is 409 Å². The molecule has 4 aromatic heterocycles. The van der Waals surface area contributed by atoms with Gasteiger partial charge in [0.2, 0.25) is 0 Å². The van der Waals surface area contributed by atoms with Gasteiger partial charge in [-0.3, -0.25) is 0 Å². The third-order valence-electron chi connectivity index (χ3n) is 15.5. The van der Waals surface area contributed by atoms with Crippen LogP contribution in [-0.2, 0) is 21.7 Å². The lowest BCUT2D eigenvalue weighted by Gasteiger charge is -2.19. The first-order valence-electron chi connectivity index (χ1n) is 25.1. The fourth-order valence-corrected chi connectivity index (χ4v) is 11.3. The first-order valence-corrected chi connectivity index (χ1v) is 25.1. The lowest BCUT2D eigenvalue weighted by atomic mass is 9.85. The molecule has 0 aliphatic carbocycles. The second-order valence-electron chi connectivity index (χ2n) is 24.4. The Morgan fingerprint density at radius 1 is 0.257 bits per heavy atom. The summed E-state index contributed by atoms with van der Waals surface area (Å²) < 4.78 is 18.4. The molecular formula is C66H60N2O2. The van der Waals surface area contributed by atoms with Crippen molar-refractivity contribution in [3.8, 4) is 11.4 Å². The highest BCUT2D eigenvalue weighted by atomic mass is 16.3. The van der Waals surface area contributed by atoms with Crippen molar-refractivity contribution in [3.05, 3.63) is 168 Å². The van der Waals surface area contributed by atoms with Crippen LogP contribution in [0.2, 0.25) is 0 Å². The van der Waals surface area contributed by atoms with E-state index in [4.69, 9.17) is 8.83 Å². The summed E-state index contributed by atoms with van der Waals surface area (Å²) in [7, 11) is 0. The van der Waals surface area contributed by atoms with Crippen molar-refractivity contribution < 1.29 is 8.83 Å². The van der Waals surface area contributed by atoms with Crippen LogP contribution < -0.4 is 0 Å². The number of benzene rings is 9. The van der Waals surface area contributed by atoms with Crippen molar-refractivity contribution in [1.82, 2.24) is 9.13 Å². The highest BCUT2D eigenvalue weighted by molar-refractivity contribution is 6.19. The van der Waals surface area contributed by atoms with Gasteiger partial charge in [0.25, 0.3) is 0 Å². The molecule has 4 heterocycles. The predicted molar refractivity (Wildman–Crippen MR) is 299 cm³/mol. The molecule has 0 radical (unpaired) electrons. The van der Waals surface area contributed by atoms with E-state index in [9.17, 15) is 0 Å². The van der Waals surface area contributed by atoms with E-state index < -0.39 is 0 Å². The highest BCUT2D eigenvalue weighted by Crippen LogP contribution is 2.43. The molecule has 0 unspecified atom stereocenters. The van der Waals surface area contributed by atoms with Crippen LogP contribution >= 0.6 is 0 Å². The Bertz CT molecular complexity index is 3950. The van der Waals surface area contributed by atoms with Gasteiger partial charge in [0.1, 0.15) is 22.3 Å². The van der Waals surface area contributed by atoms with Crippen LogP contribution in [0.4, 0.5) is 0 Å². The number of nitrogens with zero attached hydrogens (tertiary/aromatic N) is 2. The highest BCUT2D eigenvalue weighted by Gasteiger charge is 2.24. The van der Waals surface area contributed by atoms with E-state index in [1.807, 2.05) is 0 Å². The van der Waals surface area contributed by atoms with Gasteiger partial charge in [0.15, 0.2) is 0 Å². The van der Waals surface area contributed by atoms with Crippen LogP contribution in [0.5, 0.6) is 0 Å². The summed E-state index contributed by atoms with van der Waals surface area (Å²) in [6.07, 6.45) is 0. The summed E-state index contributed by atoms with van der Waals surface area (Å²) in [4.78, 5) is 0. The number of hydrogen-bond acceptors (Lipinski definition) is 2. The van der Waals surface area contributed by atoms with Crippen molar-refractivity contribution in [2.45, 2.75) is 105 Å². The molecule has 0 aliphatic rings. The predicted octanol–water partition coefficient (Wildman–Crippen LogP) is 19.2. The van der Waals surface area contributed by atoms with Crippen LogP contribution in [-0.4, -0.2) is 9.13 Å². The van der Waals surface area contributed by atoms with Crippen molar-refractivity contribution >= 4 is 109 Å². The minimum absolute atomic E-state index is 0.0465. The Morgan fingerprint density at radius 3 is 0.843 bits per heavy atom. The van der Waals surface area contributed by atoms with E-state index in [0.717, 1.165) is 66.0 Å². The van der Waals surface area contributed by atoms with Crippen LogP contribution in [0, 0.1) is 0 Å². The monoisotopic (exact) mass is 912 g/mol. The number of aromatic nitrogens is 2. The fourth-order valence-electron chi connectivity index (χ4n) is 11.3. The number of rotatable bonds is 2. The van der Waals surface area contributed by atoms with E-state index in [-0.39, 0.29) is 21.7 Å². The van der Waals surface area contributed by atoms with Gasteiger partial charge in [-0.05, 0) is 175 Å². The summed E-state index contributed by atoms with van der Waals surface area (Å²) >= 11 is 0. The van der Waals surface area contributed by atoms with E-state index in [0.29, 0.717) is 0 Å². The van der Waals surface area contributed by atoms with Gasteiger partial charge in [-0.1, -0.05) is 119 Å². The number of fused-ring (bicyclic) bond motifs is 14. The molecular weight excluding hydrogens is 853 g/mol. The van der Waals surface area contributed by atoms with Crippen LogP contribution in [0.1, 0.15) is 105 Å².